The van der Waals surface area contributed by atoms with Crippen LogP contribution in [0.4, 0.5) is 4.39 Å². The fourth-order valence-electron chi connectivity index (χ4n) is 0.686. The first-order valence-corrected chi connectivity index (χ1v) is 4.77. The van der Waals surface area contributed by atoms with E-state index in [0.717, 1.165) is 0 Å². The van der Waals surface area contributed by atoms with Gasteiger partial charge in [0.1, 0.15) is 5.82 Å². The van der Waals surface area contributed by atoms with Crippen molar-refractivity contribution in [3.8, 4) is 0 Å². The zero-order valence-electron chi connectivity index (χ0n) is 5.64. The van der Waals surface area contributed by atoms with E-state index in [-0.39, 0.29) is 5.56 Å². The number of carboxylic acids is 1. The number of hydrogen-bond acceptors (Lipinski definition) is 1. The van der Waals surface area contributed by atoms with Gasteiger partial charge >= 0.3 is 5.97 Å². The molecule has 0 saturated heterocycles. The Kier molecular flexibility index (Phi) is 3.05. The Labute approximate surface area is 90.0 Å². The lowest BCUT2D eigenvalue weighted by Crippen LogP contribution is -2.00. The van der Waals surface area contributed by atoms with Crippen LogP contribution in [0.25, 0.3) is 0 Å². The summed E-state index contributed by atoms with van der Waals surface area (Å²) in [4.78, 5) is 10.4. The molecule has 0 unspecified atom stereocenters. The topological polar surface area (TPSA) is 37.3 Å². The third-order valence-corrected chi connectivity index (χ3v) is 3.53. The lowest BCUT2D eigenvalue weighted by molar-refractivity contribution is 0.0692. The van der Waals surface area contributed by atoms with Crippen LogP contribution in [-0.4, -0.2) is 11.1 Å². The van der Waals surface area contributed by atoms with Crippen molar-refractivity contribution in [3.63, 3.8) is 0 Å². The number of carboxylic acid groups (broad SMARTS) is 1. The van der Waals surface area contributed by atoms with Crippen LogP contribution in [0.5, 0.6) is 0 Å². The summed E-state index contributed by atoms with van der Waals surface area (Å²) in [5.74, 6) is -1.97. The molecule has 0 amide bonds. The Morgan fingerprint density at radius 1 is 1.58 bits per heavy atom. The van der Waals surface area contributed by atoms with Gasteiger partial charge in [-0.05, 0) is 50.7 Å². The van der Waals surface area contributed by atoms with Crippen molar-refractivity contribution in [3.05, 3.63) is 31.6 Å². The first-order valence-electron chi connectivity index (χ1n) is 2.90. The van der Waals surface area contributed by atoms with Gasteiger partial charge in [-0.25, -0.2) is 9.18 Å². The summed E-state index contributed by atoms with van der Waals surface area (Å²) in [7, 11) is 0. The van der Waals surface area contributed by atoms with E-state index in [9.17, 15) is 9.18 Å². The first-order chi connectivity index (χ1) is 5.52. The maximum Gasteiger partial charge on any atom is 0.338 e. The van der Waals surface area contributed by atoms with Crippen molar-refractivity contribution in [2.45, 2.75) is 0 Å². The van der Waals surface area contributed by atoms with Crippen molar-refractivity contribution in [2.24, 2.45) is 0 Å². The highest BCUT2D eigenvalue weighted by Gasteiger charge is 2.12. The van der Waals surface area contributed by atoms with Crippen molar-refractivity contribution >= 4 is 44.5 Å². The number of hydrogen-bond donors (Lipinski definition) is 1. The van der Waals surface area contributed by atoms with Gasteiger partial charge in [0.15, 0.2) is 0 Å². The lowest BCUT2D eigenvalue weighted by atomic mass is 10.2. The molecule has 2 nitrogen and oxygen atoms in total. The van der Waals surface area contributed by atoms with Crippen LogP contribution in [0, 0.1) is 9.39 Å². The molecule has 1 aromatic carbocycles. The van der Waals surface area contributed by atoms with Gasteiger partial charge in [0.2, 0.25) is 0 Å². The van der Waals surface area contributed by atoms with E-state index >= 15 is 0 Å². The third-order valence-electron chi connectivity index (χ3n) is 1.24. The fraction of sp³-hybridized carbons (Fsp3) is 0. The summed E-state index contributed by atoms with van der Waals surface area (Å²) < 4.78 is 14.1. The van der Waals surface area contributed by atoms with Crippen molar-refractivity contribution in [1.29, 1.82) is 0 Å². The molecule has 0 saturated carbocycles. The summed E-state index contributed by atoms with van der Waals surface area (Å²) in [5.41, 5.74) is -0.317. The van der Waals surface area contributed by atoms with Crippen LogP contribution in [0.2, 0.25) is 0 Å². The molecule has 0 aliphatic carbocycles. The number of carbonyl (C=O) groups is 1. The zero-order chi connectivity index (χ0) is 9.30. The van der Waals surface area contributed by atoms with Crippen LogP contribution >= 0.6 is 38.5 Å². The first kappa shape index (κ1) is 9.91. The largest absolute Gasteiger partial charge is 0.478 e. The number of rotatable bonds is 1. The molecular weight excluding hydrogens is 342 g/mol. The highest BCUT2D eigenvalue weighted by molar-refractivity contribution is 14.1. The van der Waals surface area contributed by atoms with Gasteiger partial charge in [0.25, 0.3) is 0 Å². The monoisotopic (exact) mass is 344 g/mol. The molecule has 0 radical (unpaired) electrons. The second-order valence-corrected chi connectivity index (χ2v) is 4.07. The van der Waals surface area contributed by atoms with Gasteiger partial charge in [-0.2, -0.15) is 0 Å². The summed E-state index contributed by atoms with van der Waals surface area (Å²) in [6, 6.07) is 2.42. The Balaban J connectivity index is 3.33. The Morgan fingerprint density at radius 3 is 2.67 bits per heavy atom. The molecule has 0 aromatic heterocycles. The normalized spacial score (nSPS) is 9.92. The smallest absolute Gasteiger partial charge is 0.338 e. The molecule has 0 fully saturated rings. The van der Waals surface area contributed by atoms with Crippen LogP contribution < -0.4 is 0 Å². The Hall–Kier alpha value is -0.170. The van der Waals surface area contributed by atoms with E-state index in [0.29, 0.717) is 8.04 Å². The number of aromatic carboxylic acids is 1. The quantitative estimate of drug-likeness (QED) is 0.628. The zero-order valence-corrected chi connectivity index (χ0v) is 9.39. The van der Waals surface area contributed by atoms with Gasteiger partial charge in [-0.1, -0.05) is 0 Å². The molecule has 0 bridgehead atoms. The molecule has 1 aromatic rings. The van der Waals surface area contributed by atoms with Crippen molar-refractivity contribution in [2.75, 3.05) is 0 Å². The third kappa shape index (κ3) is 1.95. The molecule has 5 heteroatoms. The average molecular weight is 345 g/mol. The second kappa shape index (κ2) is 3.69. The van der Waals surface area contributed by atoms with E-state index < -0.39 is 11.8 Å². The maximum atomic E-state index is 12.9. The Bertz CT molecular complexity index is 340. The fourth-order valence-corrected chi connectivity index (χ4v) is 1.46. The van der Waals surface area contributed by atoms with Crippen LogP contribution in [0.15, 0.2) is 16.6 Å². The van der Waals surface area contributed by atoms with E-state index in [1.807, 2.05) is 22.6 Å². The second-order valence-electron chi connectivity index (χ2n) is 2.05. The average Bonchev–Trinajstić information content (AvgIpc) is 1.96. The van der Waals surface area contributed by atoms with E-state index in [1.54, 1.807) is 0 Å². The molecule has 1 rings (SSSR count). The lowest BCUT2D eigenvalue weighted by Gasteiger charge is -2.00. The molecule has 0 aliphatic rings. The van der Waals surface area contributed by atoms with E-state index in [4.69, 9.17) is 5.11 Å². The molecular formula is C7H3BrFIO2. The molecule has 12 heavy (non-hydrogen) atoms. The molecule has 1 N–H and O–H groups in total. The van der Waals surface area contributed by atoms with Crippen LogP contribution in [0.3, 0.4) is 0 Å². The molecule has 64 valence electrons. The predicted molar refractivity (Wildman–Crippen MR) is 53.8 cm³/mol. The van der Waals surface area contributed by atoms with Gasteiger partial charge in [-0.15, -0.1) is 0 Å². The summed E-state index contributed by atoms with van der Waals surface area (Å²) in [5, 5.41) is 8.52. The molecule has 0 heterocycles. The van der Waals surface area contributed by atoms with Crippen LogP contribution in [-0.2, 0) is 0 Å². The van der Waals surface area contributed by atoms with Gasteiger partial charge in [0, 0.05) is 8.04 Å². The summed E-state index contributed by atoms with van der Waals surface area (Å²) in [6.45, 7) is 0. The maximum absolute atomic E-state index is 12.9. The standard InChI is InChI=1S/C7H3BrFIO2/c8-4-1-3(7(11)12)5(9)2-6(4)10/h1-2H,(H,11,12). The highest BCUT2D eigenvalue weighted by Crippen LogP contribution is 2.22. The van der Waals surface area contributed by atoms with E-state index in [2.05, 4.69) is 15.9 Å². The predicted octanol–water partition coefficient (Wildman–Crippen LogP) is 2.89. The van der Waals surface area contributed by atoms with Gasteiger partial charge in [-0.3, -0.25) is 0 Å². The van der Waals surface area contributed by atoms with Gasteiger partial charge in [0.05, 0.1) is 5.56 Å². The number of halogens is 3. The minimum absolute atomic E-state index is 0.317. The highest BCUT2D eigenvalue weighted by atomic mass is 127. The minimum Gasteiger partial charge on any atom is -0.478 e. The van der Waals surface area contributed by atoms with Crippen molar-refractivity contribution < 1.29 is 14.3 Å². The van der Waals surface area contributed by atoms with E-state index in [1.165, 1.54) is 12.1 Å². The molecule has 0 aliphatic heterocycles. The SMILES string of the molecule is O=C(O)c1cc(Br)c(I)cc1F. The molecule has 0 spiro atoms. The minimum atomic E-state index is -1.26. The summed E-state index contributed by atoms with van der Waals surface area (Å²) >= 11 is 5.02. The van der Waals surface area contributed by atoms with Crippen molar-refractivity contribution in [1.82, 2.24) is 0 Å². The Morgan fingerprint density at radius 2 is 2.17 bits per heavy atom. The number of benzene rings is 1. The molecule has 0 atom stereocenters. The summed E-state index contributed by atoms with van der Waals surface area (Å²) in [6.07, 6.45) is 0. The van der Waals surface area contributed by atoms with Crippen LogP contribution in [0.1, 0.15) is 10.4 Å². The van der Waals surface area contributed by atoms with Gasteiger partial charge < -0.3 is 5.11 Å².